The van der Waals surface area contributed by atoms with Gasteiger partial charge in [0.1, 0.15) is 5.39 Å². The number of nitrogens with one attached hydrogen (secondary N) is 2. The van der Waals surface area contributed by atoms with Crippen LogP contribution in [0.5, 0.6) is 0 Å². The molecule has 1 aromatic carbocycles. The second kappa shape index (κ2) is 8.09. The summed E-state index contributed by atoms with van der Waals surface area (Å²) in [5.41, 5.74) is 2.89. The van der Waals surface area contributed by atoms with Crippen LogP contribution >= 0.6 is 0 Å². The predicted octanol–water partition coefficient (Wildman–Crippen LogP) is 3.25. The lowest BCUT2D eigenvalue weighted by Gasteiger charge is -2.22. The molecule has 5 rings (SSSR count). The van der Waals surface area contributed by atoms with Crippen molar-refractivity contribution in [2.45, 2.75) is 19.3 Å². The van der Waals surface area contributed by atoms with Crippen LogP contribution in [0.25, 0.3) is 16.6 Å². The van der Waals surface area contributed by atoms with E-state index >= 15 is 0 Å². The van der Waals surface area contributed by atoms with Crippen molar-refractivity contribution in [3.8, 4) is 5.69 Å². The molecule has 4 heterocycles. The van der Waals surface area contributed by atoms with E-state index in [4.69, 9.17) is 4.98 Å². The fourth-order valence-corrected chi connectivity index (χ4v) is 3.87. The summed E-state index contributed by atoms with van der Waals surface area (Å²) < 4.78 is 16.2. The van der Waals surface area contributed by atoms with E-state index in [1.165, 1.54) is 18.9 Å². The fourth-order valence-electron chi connectivity index (χ4n) is 3.87. The lowest BCUT2D eigenvalue weighted by Crippen LogP contribution is -2.28. The van der Waals surface area contributed by atoms with Gasteiger partial charge in [0.05, 0.1) is 17.3 Å². The summed E-state index contributed by atoms with van der Waals surface area (Å²) in [5, 5.41) is 11.4. The van der Waals surface area contributed by atoms with Crippen LogP contribution in [0.4, 0.5) is 15.9 Å². The number of fused-ring (bicyclic) bond motifs is 1. The third kappa shape index (κ3) is 3.95. The minimum absolute atomic E-state index is 0.344. The Morgan fingerprint density at radius 3 is 2.90 bits per heavy atom. The summed E-state index contributed by atoms with van der Waals surface area (Å²) in [5.74, 6) is 0.805. The standard InChI is InChI=1S/C23H21FN6/c24-20-13-19(30-11-1-8-27-30)4-5-21(20)29-23-14-22-17(15-26-23)2-3-18(28-22)12-16-6-9-25-10-7-16/h1-5,8,11,13-14,16,25H,6-7,9-10,12H2/p+1. The molecule has 0 radical (unpaired) electrons. The molecule has 0 bridgehead atoms. The Kier molecular flexibility index (Phi) is 4.99. The highest BCUT2D eigenvalue weighted by Crippen LogP contribution is 2.22. The Morgan fingerprint density at radius 1 is 1.20 bits per heavy atom. The topological polar surface area (TPSA) is 68.9 Å². The first-order chi connectivity index (χ1) is 14.7. The van der Waals surface area contributed by atoms with Crippen LogP contribution in [0.3, 0.4) is 0 Å². The molecule has 7 heteroatoms. The van der Waals surface area contributed by atoms with Gasteiger partial charge in [0, 0.05) is 24.2 Å². The number of anilines is 2. The summed E-state index contributed by atoms with van der Waals surface area (Å²) in [6.07, 6.45) is 9.78. The molecule has 3 aromatic heterocycles. The van der Waals surface area contributed by atoms with Gasteiger partial charge in [0.15, 0.2) is 17.7 Å². The number of nitrogens with zero attached hydrogens (tertiary/aromatic N) is 4. The number of rotatable bonds is 5. The van der Waals surface area contributed by atoms with Gasteiger partial charge in [-0.1, -0.05) is 0 Å². The molecule has 1 aliphatic rings. The second-order valence-electron chi connectivity index (χ2n) is 7.63. The maximum absolute atomic E-state index is 14.6. The van der Waals surface area contributed by atoms with Gasteiger partial charge in [-0.05, 0) is 68.6 Å². The Morgan fingerprint density at radius 2 is 2.10 bits per heavy atom. The molecular weight excluding hydrogens is 379 g/mol. The normalized spacial score (nSPS) is 14.6. The molecule has 150 valence electrons. The van der Waals surface area contributed by atoms with E-state index in [-0.39, 0.29) is 5.82 Å². The minimum Gasteiger partial charge on any atom is -0.317 e. The Balaban J connectivity index is 1.36. The summed E-state index contributed by atoms with van der Waals surface area (Å²) in [6, 6.07) is 12.6. The van der Waals surface area contributed by atoms with Gasteiger partial charge in [-0.15, -0.1) is 0 Å². The second-order valence-corrected chi connectivity index (χ2v) is 7.63. The number of hydrogen-bond donors (Lipinski definition) is 2. The molecule has 1 aliphatic heterocycles. The van der Waals surface area contributed by atoms with E-state index in [0.29, 0.717) is 23.1 Å². The van der Waals surface area contributed by atoms with Gasteiger partial charge < -0.3 is 5.32 Å². The van der Waals surface area contributed by atoms with Crippen LogP contribution in [0.15, 0.2) is 54.9 Å². The zero-order chi connectivity index (χ0) is 20.3. The van der Waals surface area contributed by atoms with Crippen molar-refractivity contribution >= 4 is 22.4 Å². The number of hydrogen-bond acceptors (Lipinski definition) is 4. The first-order valence-electron chi connectivity index (χ1n) is 10.2. The van der Waals surface area contributed by atoms with E-state index in [1.54, 1.807) is 35.3 Å². The van der Waals surface area contributed by atoms with Crippen molar-refractivity contribution in [2.75, 3.05) is 18.4 Å². The van der Waals surface area contributed by atoms with E-state index in [2.05, 4.69) is 33.0 Å². The number of benzene rings is 1. The van der Waals surface area contributed by atoms with Gasteiger partial charge in [0.25, 0.3) is 0 Å². The van der Waals surface area contributed by atoms with Crippen molar-refractivity contribution in [3.05, 3.63) is 72.6 Å². The Bertz CT molecular complexity index is 1150. The number of piperidine rings is 1. The maximum Gasteiger partial charge on any atom is 0.386 e. The van der Waals surface area contributed by atoms with Crippen molar-refractivity contribution in [1.29, 1.82) is 0 Å². The van der Waals surface area contributed by atoms with Crippen LogP contribution in [-0.2, 0) is 6.42 Å². The molecule has 0 unspecified atom stereocenters. The first kappa shape index (κ1) is 18.5. The van der Waals surface area contributed by atoms with Crippen LogP contribution in [0, 0.1) is 17.9 Å². The molecule has 0 saturated carbocycles. The van der Waals surface area contributed by atoms with Crippen LogP contribution < -0.4 is 15.6 Å². The maximum atomic E-state index is 14.6. The third-order valence-electron chi connectivity index (χ3n) is 5.49. The van der Waals surface area contributed by atoms with Crippen LogP contribution in [0.1, 0.15) is 18.5 Å². The molecule has 1 fully saturated rings. The Hall–Kier alpha value is -3.50. The highest BCUT2D eigenvalue weighted by molar-refractivity contribution is 5.78. The molecule has 4 aromatic rings. The number of pyridine rings is 1. The molecule has 0 atom stereocenters. The molecule has 0 spiro atoms. The highest BCUT2D eigenvalue weighted by atomic mass is 19.1. The monoisotopic (exact) mass is 401 g/mol. The van der Waals surface area contributed by atoms with E-state index in [0.717, 1.165) is 36.1 Å². The number of halogens is 1. The molecule has 30 heavy (non-hydrogen) atoms. The molecule has 1 saturated heterocycles. The third-order valence-corrected chi connectivity index (χ3v) is 5.49. The van der Waals surface area contributed by atoms with Gasteiger partial charge in [-0.25, -0.2) is 14.4 Å². The lowest BCUT2D eigenvalue weighted by molar-refractivity contribution is -0.274. The quantitative estimate of drug-likeness (QED) is 0.537. The fraction of sp³-hybridized carbons (Fsp3) is 0.261. The summed E-state index contributed by atoms with van der Waals surface area (Å²) >= 11 is 0. The van der Waals surface area contributed by atoms with Crippen molar-refractivity contribution in [1.82, 2.24) is 20.1 Å². The molecule has 6 nitrogen and oxygen atoms in total. The molecule has 0 aliphatic carbocycles. The SMILES string of the molecule is Fc1cc(-n2cccn2)ccc1Nc1cc2nc(CC3CCNCC3)ccc2c#[n+]1. The summed E-state index contributed by atoms with van der Waals surface area (Å²) in [6.45, 7) is 2.16. The smallest absolute Gasteiger partial charge is 0.317 e. The van der Waals surface area contributed by atoms with Crippen LogP contribution in [-0.4, -0.2) is 27.9 Å². The summed E-state index contributed by atoms with van der Waals surface area (Å²) in [4.78, 5) is 9.10. The lowest BCUT2D eigenvalue weighted by atomic mass is 9.93. The average Bonchev–Trinajstić information content (AvgIpc) is 3.31. The predicted molar refractivity (Wildman–Crippen MR) is 112 cm³/mol. The summed E-state index contributed by atoms with van der Waals surface area (Å²) in [7, 11) is 0. The highest BCUT2D eigenvalue weighted by Gasteiger charge is 2.16. The van der Waals surface area contributed by atoms with Gasteiger partial charge in [0.2, 0.25) is 0 Å². The van der Waals surface area contributed by atoms with E-state index in [9.17, 15) is 4.39 Å². The average molecular weight is 401 g/mol. The first-order valence-corrected chi connectivity index (χ1v) is 10.2. The zero-order valence-corrected chi connectivity index (χ0v) is 16.5. The van der Waals surface area contributed by atoms with Gasteiger partial charge >= 0.3 is 5.82 Å². The van der Waals surface area contributed by atoms with Crippen molar-refractivity contribution in [3.63, 3.8) is 0 Å². The van der Waals surface area contributed by atoms with Crippen LogP contribution in [0.2, 0.25) is 0 Å². The van der Waals surface area contributed by atoms with Crippen molar-refractivity contribution < 1.29 is 9.37 Å². The molecular formula is C23H22FN6+. The van der Waals surface area contributed by atoms with E-state index < -0.39 is 0 Å². The van der Waals surface area contributed by atoms with Gasteiger partial charge in [-0.3, -0.25) is 4.98 Å². The molecule has 0 amide bonds. The minimum atomic E-state index is -0.377. The largest absolute Gasteiger partial charge is 0.386 e. The molecule has 2 N–H and O–H groups in total. The Labute approximate surface area is 174 Å². The number of aromatic nitrogens is 4. The zero-order valence-electron chi connectivity index (χ0n) is 16.5. The van der Waals surface area contributed by atoms with Gasteiger partial charge in [-0.2, -0.15) is 10.1 Å². The van der Waals surface area contributed by atoms with E-state index in [1.807, 2.05) is 12.1 Å². The van der Waals surface area contributed by atoms with Crippen molar-refractivity contribution in [2.24, 2.45) is 5.92 Å².